The molecule has 1 aliphatic rings. The summed E-state index contributed by atoms with van der Waals surface area (Å²) in [6.45, 7) is 2.05. The van der Waals surface area contributed by atoms with Crippen LogP contribution in [-0.2, 0) is 12.8 Å². The molecule has 6 nitrogen and oxygen atoms in total. The highest BCUT2D eigenvalue weighted by Gasteiger charge is 2.30. The van der Waals surface area contributed by atoms with Crippen molar-refractivity contribution in [2.45, 2.75) is 38.6 Å². The Labute approximate surface area is 190 Å². The maximum absolute atomic E-state index is 12.9. The lowest BCUT2D eigenvalue weighted by molar-refractivity contribution is 0.0997. The number of aromatic nitrogens is 2. The van der Waals surface area contributed by atoms with Gasteiger partial charge in [-0.05, 0) is 80.1 Å². The first-order valence-corrected chi connectivity index (χ1v) is 11.6. The van der Waals surface area contributed by atoms with Gasteiger partial charge in [0.05, 0.1) is 18.0 Å². The van der Waals surface area contributed by atoms with E-state index >= 15 is 0 Å². The normalized spacial score (nSPS) is 13.9. The van der Waals surface area contributed by atoms with Crippen molar-refractivity contribution in [2.24, 2.45) is 0 Å². The van der Waals surface area contributed by atoms with E-state index in [-0.39, 0.29) is 11.9 Å². The molecule has 1 aliphatic carbocycles. The summed E-state index contributed by atoms with van der Waals surface area (Å²) in [6.07, 6.45) is 9.44. The number of carbonyl (C=O) groups excluding carboxylic acids is 1. The van der Waals surface area contributed by atoms with Gasteiger partial charge in [-0.2, -0.15) is 0 Å². The van der Waals surface area contributed by atoms with Crippen molar-refractivity contribution in [3.05, 3.63) is 94.1 Å². The number of thiophene rings is 1. The van der Waals surface area contributed by atoms with Gasteiger partial charge in [0, 0.05) is 22.8 Å². The van der Waals surface area contributed by atoms with Gasteiger partial charge in [0.2, 0.25) is 0 Å². The highest BCUT2D eigenvalue weighted by atomic mass is 32.1. The molecule has 4 aromatic rings. The fraction of sp³-hybridized carbons (Fsp3) is 0.240. The van der Waals surface area contributed by atoms with E-state index in [9.17, 15) is 4.79 Å². The van der Waals surface area contributed by atoms with Gasteiger partial charge in [-0.1, -0.05) is 6.07 Å². The second-order valence-electron chi connectivity index (χ2n) is 7.94. The number of rotatable bonds is 6. The van der Waals surface area contributed by atoms with Gasteiger partial charge in [-0.15, -0.1) is 11.3 Å². The number of nitrogens with zero attached hydrogens (tertiary/aromatic N) is 2. The molecule has 0 saturated carbocycles. The second kappa shape index (κ2) is 8.96. The van der Waals surface area contributed by atoms with Crippen LogP contribution in [0.4, 0.5) is 10.8 Å². The third-order valence-corrected chi connectivity index (χ3v) is 6.89. The van der Waals surface area contributed by atoms with Crippen LogP contribution in [-0.4, -0.2) is 15.9 Å². The van der Waals surface area contributed by atoms with Crippen LogP contribution < -0.4 is 10.6 Å². The molecule has 4 heterocycles. The van der Waals surface area contributed by atoms with E-state index in [1.54, 1.807) is 35.9 Å². The lowest BCUT2D eigenvalue weighted by Crippen LogP contribution is -2.19. The summed E-state index contributed by atoms with van der Waals surface area (Å²) in [7, 11) is 0. The summed E-state index contributed by atoms with van der Waals surface area (Å²) in [4.78, 5) is 23.4. The molecule has 0 fully saturated rings. The number of furan rings is 1. The van der Waals surface area contributed by atoms with Crippen LogP contribution >= 0.6 is 11.3 Å². The van der Waals surface area contributed by atoms with E-state index in [0.717, 1.165) is 46.9 Å². The fourth-order valence-electron chi connectivity index (χ4n) is 4.16. The molecule has 0 bridgehead atoms. The summed E-state index contributed by atoms with van der Waals surface area (Å²) in [5.41, 5.74) is 4.40. The van der Waals surface area contributed by atoms with Crippen LogP contribution in [0, 0.1) is 6.92 Å². The Bertz CT molecular complexity index is 1220. The topological polar surface area (TPSA) is 80.0 Å². The average Bonchev–Trinajstić information content (AvgIpc) is 3.46. The lowest BCUT2D eigenvalue weighted by atomic mass is 9.91. The van der Waals surface area contributed by atoms with Gasteiger partial charge in [-0.3, -0.25) is 9.78 Å². The minimum atomic E-state index is -0.247. The van der Waals surface area contributed by atoms with Crippen LogP contribution in [0.2, 0.25) is 0 Å². The largest absolute Gasteiger partial charge is 0.459 e. The molecule has 1 atom stereocenters. The molecule has 1 amide bonds. The van der Waals surface area contributed by atoms with E-state index in [0.29, 0.717) is 5.76 Å². The quantitative estimate of drug-likeness (QED) is 0.394. The van der Waals surface area contributed by atoms with Gasteiger partial charge in [-0.25, -0.2) is 4.98 Å². The number of nitrogens with one attached hydrogen (secondary N) is 2. The minimum Gasteiger partial charge on any atom is -0.459 e. The number of amides is 1. The third-order valence-electron chi connectivity index (χ3n) is 5.66. The van der Waals surface area contributed by atoms with Crippen molar-refractivity contribution in [1.29, 1.82) is 0 Å². The Morgan fingerprint density at radius 3 is 2.78 bits per heavy atom. The third kappa shape index (κ3) is 4.16. The number of carbonyl (C=O) groups is 1. The predicted molar refractivity (Wildman–Crippen MR) is 126 cm³/mol. The van der Waals surface area contributed by atoms with E-state index in [1.165, 1.54) is 23.1 Å². The van der Waals surface area contributed by atoms with Crippen LogP contribution in [0.3, 0.4) is 0 Å². The molecular weight excluding hydrogens is 420 g/mol. The first-order valence-electron chi connectivity index (χ1n) is 10.8. The summed E-state index contributed by atoms with van der Waals surface area (Å²) >= 11 is 1.66. The number of hydrogen-bond donors (Lipinski definition) is 2. The molecule has 0 aliphatic heterocycles. The monoisotopic (exact) mass is 444 g/mol. The maximum atomic E-state index is 12.9. The second-order valence-corrected chi connectivity index (χ2v) is 9.04. The van der Waals surface area contributed by atoms with E-state index in [2.05, 4.69) is 20.6 Å². The van der Waals surface area contributed by atoms with Crippen molar-refractivity contribution in [2.75, 3.05) is 10.6 Å². The number of fused-ring (bicyclic) bond motifs is 1. The predicted octanol–water partition coefficient (Wildman–Crippen LogP) is 5.77. The molecule has 162 valence electrons. The molecule has 0 aromatic carbocycles. The number of hydrogen-bond acceptors (Lipinski definition) is 6. The van der Waals surface area contributed by atoms with Gasteiger partial charge in [0.1, 0.15) is 10.8 Å². The fourth-order valence-corrected chi connectivity index (χ4v) is 5.49. The zero-order chi connectivity index (χ0) is 21.9. The van der Waals surface area contributed by atoms with Gasteiger partial charge in [0.25, 0.3) is 5.91 Å². The Balaban J connectivity index is 1.61. The molecule has 1 unspecified atom stereocenters. The Hall–Kier alpha value is -3.45. The highest BCUT2D eigenvalue weighted by molar-refractivity contribution is 7.16. The summed E-state index contributed by atoms with van der Waals surface area (Å²) < 4.78 is 5.32. The van der Waals surface area contributed by atoms with Gasteiger partial charge in [0.15, 0.2) is 5.76 Å². The Morgan fingerprint density at radius 2 is 2.00 bits per heavy atom. The lowest BCUT2D eigenvalue weighted by Gasteiger charge is -2.23. The molecule has 5 rings (SSSR count). The number of aryl methyl sites for hydroxylation is 2. The van der Waals surface area contributed by atoms with Gasteiger partial charge < -0.3 is 15.1 Å². The van der Waals surface area contributed by atoms with Crippen LogP contribution in [0.5, 0.6) is 0 Å². The van der Waals surface area contributed by atoms with Crippen LogP contribution in [0.1, 0.15) is 56.7 Å². The number of anilines is 2. The maximum Gasteiger partial charge on any atom is 0.291 e. The van der Waals surface area contributed by atoms with Crippen molar-refractivity contribution < 1.29 is 9.21 Å². The first-order chi connectivity index (χ1) is 15.7. The van der Waals surface area contributed by atoms with Crippen molar-refractivity contribution >= 4 is 28.1 Å². The molecule has 0 radical (unpaired) electrons. The van der Waals surface area contributed by atoms with Crippen LogP contribution in [0.15, 0.2) is 65.5 Å². The van der Waals surface area contributed by atoms with Crippen molar-refractivity contribution in [3.63, 3.8) is 0 Å². The van der Waals surface area contributed by atoms with Crippen molar-refractivity contribution in [3.8, 4) is 0 Å². The summed E-state index contributed by atoms with van der Waals surface area (Å²) in [6, 6.07) is 13.1. The summed E-state index contributed by atoms with van der Waals surface area (Å²) in [5, 5.41) is 7.55. The van der Waals surface area contributed by atoms with E-state index in [4.69, 9.17) is 4.42 Å². The standard InChI is InChI=1S/C25H24N4O2S/c1-16-11-13-27-21(15-16)28-23(18-8-4-5-12-26-18)22-17-7-2-3-10-20(17)32-25(22)29-24(30)19-9-6-14-31-19/h4-6,8-9,11-15,23H,2-3,7,10H2,1H3,(H,27,28)(H,29,30). The molecule has 32 heavy (non-hydrogen) atoms. The molecule has 7 heteroatoms. The number of pyridine rings is 2. The first kappa shape index (κ1) is 20.5. The van der Waals surface area contributed by atoms with E-state index < -0.39 is 0 Å². The van der Waals surface area contributed by atoms with Gasteiger partial charge >= 0.3 is 0 Å². The molecule has 4 aromatic heterocycles. The Kier molecular flexibility index (Phi) is 5.73. The van der Waals surface area contributed by atoms with E-state index in [1.807, 2.05) is 37.3 Å². The Morgan fingerprint density at radius 1 is 1.09 bits per heavy atom. The van der Waals surface area contributed by atoms with Crippen molar-refractivity contribution in [1.82, 2.24) is 9.97 Å². The molecular formula is C25H24N4O2S. The summed E-state index contributed by atoms with van der Waals surface area (Å²) in [5.74, 6) is 0.827. The molecule has 0 saturated heterocycles. The molecule has 0 spiro atoms. The highest BCUT2D eigenvalue weighted by Crippen LogP contribution is 2.44. The average molecular weight is 445 g/mol. The zero-order valence-corrected chi connectivity index (χ0v) is 18.6. The minimum absolute atomic E-state index is 0.240. The van der Waals surface area contributed by atoms with Crippen LogP contribution in [0.25, 0.3) is 0 Å². The molecule has 2 N–H and O–H groups in total. The zero-order valence-electron chi connectivity index (χ0n) is 17.8. The SMILES string of the molecule is Cc1ccnc(NC(c2ccccn2)c2c(NC(=O)c3ccco3)sc3c2CCCC3)c1. The smallest absolute Gasteiger partial charge is 0.291 e.